The molecule has 0 saturated carbocycles. The molecule has 190 valence electrons. The van der Waals surface area contributed by atoms with Gasteiger partial charge in [0.2, 0.25) is 0 Å². The Bertz CT molecular complexity index is 1310. The molecular formula is C24H26F3N7O2. The molecule has 2 aromatic heterocycles. The molecule has 1 amide bonds. The number of aryl methyl sites for hydroxylation is 2. The zero-order valence-electron chi connectivity index (χ0n) is 19.9. The fraction of sp³-hybridized carbons (Fsp3) is 0.417. The van der Waals surface area contributed by atoms with Crippen LogP contribution in [0.15, 0.2) is 24.4 Å². The molecule has 0 spiro atoms. The van der Waals surface area contributed by atoms with E-state index in [1.54, 1.807) is 13.1 Å². The van der Waals surface area contributed by atoms with Gasteiger partial charge >= 0.3 is 6.61 Å². The van der Waals surface area contributed by atoms with Crippen molar-refractivity contribution in [3.05, 3.63) is 52.6 Å². The maximum absolute atomic E-state index is 15.0. The molecular weight excluding hydrogens is 475 g/mol. The van der Waals surface area contributed by atoms with Gasteiger partial charge < -0.3 is 10.6 Å². The molecule has 1 fully saturated rings. The maximum Gasteiger partial charge on any atom is 0.365 e. The minimum Gasteiger partial charge on any atom is -0.364 e. The number of primary amides is 1. The van der Waals surface area contributed by atoms with Crippen molar-refractivity contribution in [1.29, 1.82) is 0 Å². The molecule has 2 aliphatic rings. The van der Waals surface area contributed by atoms with E-state index in [2.05, 4.69) is 20.0 Å². The molecule has 36 heavy (non-hydrogen) atoms. The van der Waals surface area contributed by atoms with Crippen LogP contribution < -0.4 is 10.8 Å². The van der Waals surface area contributed by atoms with E-state index in [1.165, 1.54) is 23.0 Å². The second-order valence-corrected chi connectivity index (χ2v) is 9.16. The Hall–Kier alpha value is -3.51. The second kappa shape index (κ2) is 9.51. The minimum atomic E-state index is -3.25. The number of carbonyl (C=O) groups is 1. The molecule has 1 aromatic carbocycles. The van der Waals surface area contributed by atoms with Crippen LogP contribution in [-0.2, 0) is 24.7 Å². The van der Waals surface area contributed by atoms with E-state index in [9.17, 15) is 13.6 Å². The molecule has 0 bridgehead atoms. The van der Waals surface area contributed by atoms with E-state index < -0.39 is 18.3 Å². The molecule has 0 radical (unpaired) electrons. The van der Waals surface area contributed by atoms with Gasteiger partial charge in [0, 0.05) is 18.8 Å². The maximum atomic E-state index is 15.0. The summed E-state index contributed by atoms with van der Waals surface area (Å²) in [6, 6.07) is 4.45. The summed E-state index contributed by atoms with van der Waals surface area (Å²) in [6.07, 6.45) is 4.25. The zero-order chi connectivity index (χ0) is 25.6. The van der Waals surface area contributed by atoms with E-state index in [-0.39, 0.29) is 23.2 Å². The minimum absolute atomic E-state index is 0.135. The molecule has 5 rings (SSSR count). The standard InChI is InChI=1S/C24H26F3N7O2/c1-32-9-7-13(8-10-32)14-4-6-17(25)18(11-14)34(36-23(26)27)24-29-12-15-3-5-16-20(22(28)35)31-33(2)21(16)19(15)30-24/h4,6,11-13,23H,3,5,7-10H2,1-2H3,(H2,28,35). The molecule has 12 heteroatoms. The quantitative estimate of drug-likeness (QED) is 0.517. The Balaban J connectivity index is 1.58. The topological polar surface area (TPSA) is 102 Å². The first-order chi connectivity index (χ1) is 17.2. The lowest BCUT2D eigenvalue weighted by atomic mass is 9.89. The lowest BCUT2D eigenvalue weighted by molar-refractivity contribution is -0.130. The van der Waals surface area contributed by atoms with Crippen molar-refractivity contribution in [3.8, 4) is 11.4 Å². The highest BCUT2D eigenvalue weighted by molar-refractivity contribution is 5.94. The number of carbonyl (C=O) groups excluding carboxylic acids is 1. The second-order valence-electron chi connectivity index (χ2n) is 9.16. The number of hydrogen-bond acceptors (Lipinski definition) is 7. The summed E-state index contributed by atoms with van der Waals surface area (Å²) < 4.78 is 43.5. The number of benzene rings is 1. The number of rotatable bonds is 6. The van der Waals surface area contributed by atoms with Crippen LogP contribution in [0.4, 0.5) is 24.8 Å². The number of alkyl halides is 2. The SMILES string of the molecule is CN1CCC(c2ccc(F)c(N(OC(F)F)c3ncc4c(n3)-c3c(c(C(N)=O)nn3C)CC4)c2)CC1. The Kier molecular flexibility index (Phi) is 6.39. The van der Waals surface area contributed by atoms with Crippen LogP contribution in [0, 0.1) is 5.82 Å². The molecule has 1 aliphatic heterocycles. The summed E-state index contributed by atoms with van der Waals surface area (Å²) in [5.41, 5.74) is 8.54. The predicted octanol–water partition coefficient (Wildman–Crippen LogP) is 3.32. The number of piperidine rings is 1. The summed E-state index contributed by atoms with van der Waals surface area (Å²) in [7, 11) is 3.68. The van der Waals surface area contributed by atoms with Gasteiger partial charge in [-0.3, -0.25) is 9.48 Å². The third-order valence-corrected chi connectivity index (χ3v) is 6.84. The lowest BCUT2D eigenvalue weighted by Crippen LogP contribution is -2.29. The van der Waals surface area contributed by atoms with Crippen LogP contribution >= 0.6 is 0 Å². The van der Waals surface area contributed by atoms with Crippen LogP contribution in [-0.4, -0.2) is 57.3 Å². The normalized spacial score (nSPS) is 16.2. The van der Waals surface area contributed by atoms with Gasteiger partial charge in [-0.1, -0.05) is 6.07 Å². The zero-order valence-corrected chi connectivity index (χ0v) is 19.9. The van der Waals surface area contributed by atoms with Gasteiger partial charge in [0.15, 0.2) is 5.69 Å². The first-order valence-electron chi connectivity index (χ1n) is 11.7. The van der Waals surface area contributed by atoms with Crippen molar-refractivity contribution in [2.45, 2.75) is 38.2 Å². The molecule has 9 nitrogen and oxygen atoms in total. The summed E-state index contributed by atoms with van der Waals surface area (Å²) in [5.74, 6) is -1.50. The van der Waals surface area contributed by atoms with Crippen LogP contribution in [0.5, 0.6) is 0 Å². The summed E-state index contributed by atoms with van der Waals surface area (Å²) in [4.78, 5) is 27.5. The Morgan fingerprint density at radius 2 is 1.97 bits per heavy atom. The molecule has 0 atom stereocenters. The van der Waals surface area contributed by atoms with E-state index in [0.29, 0.717) is 34.9 Å². The van der Waals surface area contributed by atoms with Gasteiger partial charge in [0.1, 0.15) is 11.5 Å². The third kappa shape index (κ3) is 4.42. The van der Waals surface area contributed by atoms with Crippen LogP contribution in [0.25, 0.3) is 11.4 Å². The molecule has 1 saturated heterocycles. The van der Waals surface area contributed by atoms with Crippen LogP contribution in [0.1, 0.15) is 45.9 Å². The van der Waals surface area contributed by atoms with E-state index >= 15 is 4.39 Å². The van der Waals surface area contributed by atoms with Crippen molar-refractivity contribution >= 4 is 17.5 Å². The van der Waals surface area contributed by atoms with Crippen molar-refractivity contribution in [2.75, 3.05) is 25.2 Å². The van der Waals surface area contributed by atoms with Crippen molar-refractivity contribution < 1.29 is 22.8 Å². The van der Waals surface area contributed by atoms with Crippen molar-refractivity contribution in [1.82, 2.24) is 24.6 Å². The average molecular weight is 502 g/mol. The van der Waals surface area contributed by atoms with Crippen LogP contribution in [0.3, 0.4) is 0 Å². The van der Waals surface area contributed by atoms with Gasteiger partial charge in [-0.05, 0) is 75.0 Å². The first kappa shape index (κ1) is 24.2. The van der Waals surface area contributed by atoms with E-state index in [1.807, 2.05) is 7.05 Å². The highest BCUT2D eigenvalue weighted by Crippen LogP contribution is 2.37. The van der Waals surface area contributed by atoms with Crippen molar-refractivity contribution in [3.63, 3.8) is 0 Å². The van der Waals surface area contributed by atoms with E-state index in [4.69, 9.17) is 10.6 Å². The molecule has 0 unspecified atom stereocenters. The number of halogens is 3. The molecule has 3 aromatic rings. The summed E-state index contributed by atoms with van der Waals surface area (Å²) in [5, 5.41) is 4.85. The number of amides is 1. The lowest BCUT2D eigenvalue weighted by Gasteiger charge is -2.30. The summed E-state index contributed by atoms with van der Waals surface area (Å²) >= 11 is 0. The van der Waals surface area contributed by atoms with Gasteiger partial charge in [-0.25, -0.2) is 14.4 Å². The summed E-state index contributed by atoms with van der Waals surface area (Å²) in [6.45, 7) is -1.46. The fourth-order valence-electron chi connectivity index (χ4n) is 5.01. The van der Waals surface area contributed by atoms with E-state index in [0.717, 1.165) is 37.1 Å². The number of nitrogens with zero attached hydrogens (tertiary/aromatic N) is 6. The number of likely N-dealkylation sites (tertiary alicyclic amines) is 1. The van der Waals surface area contributed by atoms with Gasteiger partial charge in [-0.15, -0.1) is 0 Å². The highest BCUT2D eigenvalue weighted by Gasteiger charge is 2.30. The first-order valence-corrected chi connectivity index (χ1v) is 11.7. The number of nitrogens with two attached hydrogens (primary N) is 1. The number of aromatic nitrogens is 4. The number of anilines is 2. The molecule has 1 aliphatic carbocycles. The molecule has 2 N–H and O–H groups in total. The fourth-order valence-corrected chi connectivity index (χ4v) is 5.01. The highest BCUT2D eigenvalue weighted by atomic mass is 19.3. The average Bonchev–Trinajstić information content (AvgIpc) is 3.20. The smallest absolute Gasteiger partial charge is 0.364 e. The Morgan fingerprint density at radius 1 is 1.22 bits per heavy atom. The Morgan fingerprint density at radius 3 is 2.67 bits per heavy atom. The third-order valence-electron chi connectivity index (χ3n) is 6.84. The number of hydrogen-bond donors (Lipinski definition) is 1. The van der Waals surface area contributed by atoms with Crippen molar-refractivity contribution in [2.24, 2.45) is 12.8 Å². The molecule has 3 heterocycles. The largest absolute Gasteiger partial charge is 0.365 e. The van der Waals surface area contributed by atoms with Gasteiger partial charge in [-0.2, -0.15) is 23.8 Å². The Labute approximate surface area is 205 Å². The predicted molar refractivity (Wildman–Crippen MR) is 125 cm³/mol. The number of fused-ring (bicyclic) bond motifs is 3. The monoisotopic (exact) mass is 501 g/mol. The van der Waals surface area contributed by atoms with Crippen LogP contribution in [0.2, 0.25) is 0 Å². The van der Waals surface area contributed by atoms with Gasteiger partial charge in [0.05, 0.1) is 11.4 Å². The van der Waals surface area contributed by atoms with Gasteiger partial charge in [0.25, 0.3) is 11.9 Å².